The molecule has 0 spiro atoms. The maximum absolute atomic E-state index is 13.5. The highest BCUT2D eigenvalue weighted by molar-refractivity contribution is 6.01. The van der Waals surface area contributed by atoms with Crippen molar-refractivity contribution in [2.75, 3.05) is 36.3 Å². The molecule has 0 fully saturated rings. The van der Waals surface area contributed by atoms with Gasteiger partial charge >= 0.3 is 18.0 Å². The van der Waals surface area contributed by atoms with E-state index in [0.717, 1.165) is 23.2 Å². The van der Waals surface area contributed by atoms with Crippen LogP contribution in [-0.4, -0.2) is 55.7 Å². The Labute approximate surface area is 267 Å². The van der Waals surface area contributed by atoms with Gasteiger partial charge in [-0.05, 0) is 66.3 Å². The monoisotopic (exact) mass is 630 g/mol. The second-order valence-corrected chi connectivity index (χ2v) is 10.9. The molecule has 0 saturated carbocycles. The lowest BCUT2D eigenvalue weighted by atomic mass is 9.94. The third-order valence-electron chi connectivity index (χ3n) is 7.69. The van der Waals surface area contributed by atoms with Crippen LogP contribution >= 0.6 is 0 Å². The van der Waals surface area contributed by atoms with Crippen LogP contribution in [0.25, 0.3) is 0 Å². The first kappa shape index (κ1) is 33.5. The van der Waals surface area contributed by atoms with Gasteiger partial charge in [0.25, 0.3) is 0 Å². The van der Waals surface area contributed by atoms with Crippen molar-refractivity contribution in [3.8, 4) is 5.75 Å². The Morgan fingerprint density at radius 1 is 0.935 bits per heavy atom. The number of nitrogens with zero attached hydrogens (tertiary/aromatic N) is 1. The number of esters is 1. The molecule has 3 aromatic carbocycles. The Balaban J connectivity index is 1.46. The molecule has 1 aliphatic rings. The molecule has 4 rings (SSSR count). The molecule has 4 amide bonds. The summed E-state index contributed by atoms with van der Waals surface area (Å²) in [6, 6.07) is 16.9. The Morgan fingerprint density at radius 2 is 1.70 bits per heavy atom. The van der Waals surface area contributed by atoms with E-state index >= 15 is 0 Å². The zero-order valence-electron chi connectivity index (χ0n) is 26.1. The Hall–Kier alpha value is -5.39. The van der Waals surface area contributed by atoms with Crippen molar-refractivity contribution >= 4 is 46.8 Å². The lowest BCUT2D eigenvalue weighted by molar-refractivity contribution is -0.142. The largest absolute Gasteiger partial charge is 0.495 e. The number of amides is 4. The van der Waals surface area contributed by atoms with Crippen molar-refractivity contribution in [2.45, 2.75) is 51.5 Å². The lowest BCUT2D eigenvalue weighted by Crippen LogP contribution is -2.37. The number of fused-ring (bicyclic) bond motifs is 1. The van der Waals surface area contributed by atoms with Crippen molar-refractivity contribution in [1.82, 2.24) is 5.32 Å². The van der Waals surface area contributed by atoms with E-state index in [4.69, 9.17) is 14.6 Å². The van der Waals surface area contributed by atoms with Gasteiger partial charge in [0.15, 0.2) is 0 Å². The van der Waals surface area contributed by atoms with Crippen molar-refractivity contribution in [2.24, 2.45) is 0 Å². The van der Waals surface area contributed by atoms with E-state index in [-0.39, 0.29) is 31.6 Å². The van der Waals surface area contributed by atoms with E-state index in [2.05, 4.69) is 16.0 Å². The molecule has 12 heteroatoms. The molecule has 1 aliphatic heterocycles. The maximum atomic E-state index is 13.5. The molecule has 0 radical (unpaired) electrons. The fourth-order valence-corrected chi connectivity index (χ4v) is 5.29. The van der Waals surface area contributed by atoms with Gasteiger partial charge in [-0.15, -0.1) is 0 Å². The molecule has 0 saturated heterocycles. The number of carbonyl (C=O) groups excluding carboxylic acids is 4. The Bertz CT molecular complexity index is 1620. The molecule has 242 valence electrons. The fraction of sp³-hybridized carbons (Fsp3) is 0.324. The number of nitrogens with one attached hydrogen (secondary N) is 3. The number of anilines is 3. The summed E-state index contributed by atoms with van der Waals surface area (Å²) in [7, 11) is 2.75. The van der Waals surface area contributed by atoms with Crippen LogP contribution < -0.4 is 25.6 Å². The molecular weight excluding hydrogens is 592 g/mol. The molecule has 3 aromatic rings. The molecule has 1 heterocycles. The lowest BCUT2D eigenvalue weighted by Gasteiger charge is -2.31. The SMILES string of the molecule is COC(=O)CC(NC(=O)CCC(=O)O)c1ccc2c(c1)CCCN2C(=O)Cc1ccc(NC(=O)Nc2ccccc2C)c(OC)c1. The van der Waals surface area contributed by atoms with E-state index in [0.29, 0.717) is 41.2 Å². The molecule has 4 N–H and O–H groups in total. The van der Waals surface area contributed by atoms with Gasteiger partial charge in [-0.1, -0.05) is 36.4 Å². The van der Waals surface area contributed by atoms with Gasteiger partial charge in [0.1, 0.15) is 5.75 Å². The average Bonchev–Trinajstić information content (AvgIpc) is 3.04. The number of aliphatic carboxylic acids is 1. The summed E-state index contributed by atoms with van der Waals surface area (Å²) in [5.74, 6) is -1.82. The average molecular weight is 631 g/mol. The summed E-state index contributed by atoms with van der Waals surface area (Å²) >= 11 is 0. The minimum Gasteiger partial charge on any atom is -0.495 e. The number of hydrogen-bond acceptors (Lipinski definition) is 7. The van der Waals surface area contributed by atoms with Gasteiger partial charge in [-0.3, -0.25) is 19.2 Å². The number of para-hydroxylation sites is 1. The number of ether oxygens (including phenoxy) is 2. The Kier molecular flexibility index (Phi) is 11.3. The quantitative estimate of drug-likeness (QED) is 0.208. The summed E-state index contributed by atoms with van der Waals surface area (Å²) in [6.07, 6.45) is 0.838. The molecular formula is C34H38N4O8. The zero-order chi connectivity index (χ0) is 33.2. The van der Waals surface area contributed by atoms with Gasteiger partial charge < -0.3 is 35.4 Å². The van der Waals surface area contributed by atoms with Crippen molar-refractivity contribution in [1.29, 1.82) is 0 Å². The summed E-state index contributed by atoms with van der Waals surface area (Å²) in [5, 5.41) is 17.3. The van der Waals surface area contributed by atoms with Crippen LogP contribution in [0.1, 0.15) is 54.0 Å². The van der Waals surface area contributed by atoms with Crippen molar-refractivity contribution in [3.05, 3.63) is 82.9 Å². The van der Waals surface area contributed by atoms with Crippen LogP contribution in [0.15, 0.2) is 60.7 Å². The van der Waals surface area contributed by atoms with Crippen molar-refractivity contribution < 1.29 is 38.6 Å². The highest BCUT2D eigenvalue weighted by Crippen LogP contribution is 2.32. The van der Waals surface area contributed by atoms with Crippen LogP contribution in [0.4, 0.5) is 21.9 Å². The summed E-state index contributed by atoms with van der Waals surface area (Å²) in [5.41, 5.74) is 5.07. The van der Waals surface area contributed by atoms with Crippen LogP contribution in [-0.2, 0) is 36.8 Å². The van der Waals surface area contributed by atoms with E-state index < -0.39 is 29.9 Å². The number of benzene rings is 3. The molecule has 0 bridgehead atoms. The minimum atomic E-state index is -1.09. The number of carbonyl (C=O) groups is 5. The summed E-state index contributed by atoms with van der Waals surface area (Å²) < 4.78 is 10.3. The number of carboxylic acid groups (broad SMARTS) is 1. The van der Waals surface area contributed by atoms with Gasteiger partial charge in [0.05, 0.1) is 45.2 Å². The first-order valence-electron chi connectivity index (χ1n) is 14.9. The second-order valence-electron chi connectivity index (χ2n) is 10.9. The standard InChI is InChI=1S/C34H38N4O8/c1-21-7-4-5-9-25(21)36-34(44)37-26-12-10-22(17-29(26)45-2)18-31(40)38-16-6-8-24-19-23(11-13-28(24)38)27(20-33(43)46-3)35-30(39)14-15-32(41)42/h4-5,7,9-13,17,19,27H,6,8,14-16,18,20H2,1-3H3,(H,35,39)(H,41,42)(H2,36,37,44). The van der Waals surface area contributed by atoms with Gasteiger partial charge in [-0.25, -0.2) is 4.79 Å². The summed E-state index contributed by atoms with van der Waals surface area (Å²) in [4.78, 5) is 63.3. The summed E-state index contributed by atoms with van der Waals surface area (Å²) in [6.45, 7) is 2.43. The third kappa shape index (κ3) is 8.84. The molecule has 12 nitrogen and oxygen atoms in total. The van der Waals surface area contributed by atoms with E-state index in [9.17, 15) is 24.0 Å². The highest BCUT2D eigenvalue weighted by Gasteiger charge is 2.26. The van der Waals surface area contributed by atoms with Gasteiger partial charge in [0.2, 0.25) is 11.8 Å². The number of rotatable bonds is 12. The number of urea groups is 1. The van der Waals surface area contributed by atoms with Gasteiger partial charge in [-0.2, -0.15) is 0 Å². The normalized spacial score (nSPS) is 12.7. The van der Waals surface area contributed by atoms with Crippen LogP contribution in [0.3, 0.4) is 0 Å². The Morgan fingerprint density at radius 3 is 2.41 bits per heavy atom. The highest BCUT2D eigenvalue weighted by atomic mass is 16.5. The van der Waals surface area contributed by atoms with E-state index in [1.807, 2.05) is 37.3 Å². The number of aryl methyl sites for hydroxylation is 2. The molecule has 0 aromatic heterocycles. The first-order valence-corrected chi connectivity index (χ1v) is 14.9. The topological polar surface area (TPSA) is 163 Å². The fourth-order valence-electron chi connectivity index (χ4n) is 5.29. The van der Waals surface area contributed by atoms with Crippen LogP contribution in [0, 0.1) is 6.92 Å². The number of methoxy groups -OCH3 is 2. The molecule has 1 atom stereocenters. The number of hydrogen-bond donors (Lipinski definition) is 4. The minimum absolute atomic E-state index is 0.0951. The van der Waals surface area contributed by atoms with Crippen molar-refractivity contribution in [3.63, 3.8) is 0 Å². The van der Waals surface area contributed by atoms with E-state index in [1.165, 1.54) is 14.2 Å². The van der Waals surface area contributed by atoms with Crippen LogP contribution in [0.5, 0.6) is 5.75 Å². The van der Waals surface area contributed by atoms with E-state index in [1.54, 1.807) is 35.2 Å². The molecule has 46 heavy (non-hydrogen) atoms. The smallest absolute Gasteiger partial charge is 0.323 e. The predicted octanol–water partition coefficient (Wildman–Crippen LogP) is 4.75. The first-order chi connectivity index (χ1) is 22.1. The predicted molar refractivity (Wildman–Crippen MR) is 172 cm³/mol. The number of carboxylic acids is 1. The maximum Gasteiger partial charge on any atom is 0.323 e. The van der Waals surface area contributed by atoms with Crippen LogP contribution in [0.2, 0.25) is 0 Å². The third-order valence-corrected chi connectivity index (χ3v) is 7.69. The second kappa shape index (κ2) is 15.6. The van der Waals surface area contributed by atoms with Gasteiger partial charge in [0, 0.05) is 24.3 Å². The zero-order valence-corrected chi connectivity index (χ0v) is 26.1. The molecule has 1 unspecified atom stereocenters. The molecule has 0 aliphatic carbocycles.